The Hall–Kier alpha value is -6.24. The molecule has 0 radical (unpaired) electrons. The molecule has 0 aromatic heterocycles. The van der Waals surface area contributed by atoms with Crippen LogP contribution in [0.2, 0.25) is 0 Å². The van der Waals surface area contributed by atoms with Gasteiger partial charge in [-0.1, -0.05) is 182 Å². The van der Waals surface area contributed by atoms with Gasteiger partial charge in [0.25, 0.3) is 0 Å². The van der Waals surface area contributed by atoms with E-state index in [1.165, 1.54) is 77.9 Å². The van der Waals surface area contributed by atoms with E-state index in [1.807, 2.05) is 0 Å². The molecular formula is C49H34. The van der Waals surface area contributed by atoms with E-state index in [2.05, 4.69) is 206 Å². The van der Waals surface area contributed by atoms with Crippen LogP contribution >= 0.6 is 0 Å². The summed E-state index contributed by atoms with van der Waals surface area (Å²) in [6.07, 6.45) is 0. The van der Waals surface area contributed by atoms with Crippen LogP contribution in [-0.4, -0.2) is 0 Å². The largest absolute Gasteiger partial charge is 0.0713 e. The van der Waals surface area contributed by atoms with Crippen LogP contribution in [-0.2, 0) is 5.41 Å². The van der Waals surface area contributed by atoms with Gasteiger partial charge in [-0.3, -0.25) is 0 Å². The fraction of sp³-hybridized carbons (Fsp3) is 0.0204. The Bertz CT molecular complexity index is 2260. The molecule has 0 aliphatic heterocycles. The average Bonchev–Trinajstić information content (AvgIpc) is 3.50. The predicted molar refractivity (Wildman–Crippen MR) is 205 cm³/mol. The van der Waals surface area contributed by atoms with E-state index >= 15 is 0 Å². The second kappa shape index (κ2) is 12.1. The van der Waals surface area contributed by atoms with Crippen molar-refractivity contribution in [3.63, 3.8) is 0 Å². The second-order valence-corrected chi connectivity index (χ2v) is 12.9. The molecule has 230 valence electrons. The van der Waals surface area contributed by atoms with Crippen molar-refractivity contribution in [1.29, 1.82) is 0 Å². The van der Waals surface area contributed by atoms with Gasteiger partial charge in [0.2, 0.25) is 0 Å². The molecule has 0 atom stereocenters. The molecule has 8 aromatic rings. The van der Waals surface area contributed by atoms with Gasteiger partial charge in [0.15, 0.2) is 0 Å². The van der Waals surface area contributed by atoms with E-state index in [0.717, 1.165) is 0 Å². The van der Waals surface area contributed by atoms with Gasteiger partial charge in [-0.15, -0.1) is 0 Å². The summed E-state index contributed by atoms with van der Waals surface area (Å²) in [6, 6.07) is 75.6. The number of benzene rings is 8. The maximum absolute atomic E-state index is 2.42. The topological polar surface area (TPSA) is 0 Å². The van der Waals surface area contributed by atoms with Crippen LogP contribution < -0.4 is 0 Å². The summed E-state index contributed by atoms with van der Waals surface area (Å²) in [5, 5.41) is 0. The van der Waals surface area contributed by atoms with Crippen LogP contribution in [0.1, 0.15) is 22.3 Å². The molecule has 0 amide bonds. The molecule has 0 spiro atoms. The number of rotatable bonds is 6. The average molecular weight is 623 g/mol. The fourth-order valence-electron chi connectivity index (χ4n) is 7.91. The van der Waals surface area contributed by atoms with Crippen LogP contribution in [0.15, 0.2) is 206 Å². The predicted octanol–water partition coefficient (Wildman–Crippen LogP) is 12.7. The molecule has 0 N–H and O–H groups in total. The lowest BCUT2D eigenvalue weighted by Crippen LogP contribution is -2.28. The van der Waals surface area contributed by atoms with E-state index in [0.29, 0.717) is 0 Å². The summed E-state index contributed by atoms with van der Waals surface area (Å²) in [4.78, 5) is 0. The molecule has 0 heteroatoms. The van der Waals surface area contributed by atoms with Crippen LogP contribution in [0.25, 0.3) is 55.6 Å². The fourth-order valence-corrected chi connectivity index (χ4v) is 7.91. The van der Waals surface area contributed by atoms with E-state index in [9.17, 15) is 0 Å². The molecule has 0 saturated carbocycles. The first-order chi connectivity index (χ1) is 24.3. The van der Waals surface area contributed by atoms with Gasteiger partial charge in [0.1, 0.15) is 0 Å². The summed E-state index contributed by atoms with van der Waals surface area (Å²) < 4.78 is 0. The molecule has 0 nitrogen and oxygen atoms in total. The minimum absolute atomic E-state index is 0.493. The highest BCUT2D eigenvalue weighted by molar-refractivity contribution is 5.87. The first-order valence-corrected chi connectivity index (χ1v) is 17.0. The number of fused-ring (bicyclic) bond motifs is 3. The quantitative estimate of drug-likeness (QED) is 0.173. The van der Waals surface area contributed by atoms with Gasteiger partial charge in [0.05, 0.1) is 5.41 Å². The maximum atomic E-state index is 2.42. The third kappa shape index (κ3) is 4.93. The van der Waals surface area contributed by atoms with Crippen molar-refractivity contribution in [3.05, 3.63) is 229 Å². The highest BCUT2D eigenvalue weighted by Gasteiger charge is 2.46. The van der Waals surface area contributed by atoms with Crippen molar-refractivity contribution >= 4 is 0 Å². The van der Waals surface area contributed by atoms with Crippen LogP contribution in [0.4, 0.5) is 0 Å². The van der Waals surface area contributed by atoms with Crippen molar-refractivity contribution in [1.82, 2.24) is 0 Å². The third-order valence-corrected chi connectivity index (χ3v) is 10.1. The smallest absolute Gasteiger partial charge is 0.0622 e. The van der Waals surface area contributed by atoms with Crippen LogP contribution in [0.5, 0.6) is 0 Å². The first kappa shape index (κ1) is 28.9. The summed E-state index contributed by atoms with van der Waals surface area (Å²) in [7, 11) is 0. The lowest BCUT2D eigenvalue weighted by atomic mass is 9.67. The van der Waals surface area contributed by atoms with Gasteiger partial charge in [-0.2, -0.15) is 0 Å². The molecular weight excluding hydrogens is 589 g/mol. The Morgan fingerprint density at radius 3 is 0.959 bits per heavy atom. The molecule has 8 aromatic carbocycles. The highest BCUT2D eigenvalue weighted by atomic mass is 14.5. The van der Waals surface area contributed by atoms with Gasteiger partial charge in [0, 0.05) is 0 Å². The Kier molecular flexibility index (Phi) is 7.14. The molecule has 0 heterocycles. The summed E-state index contributed by atoms with van der Waals surface area (Å²) in [6.45, 7) is 0. The zero-order chi connectivity index (χ0) is 32.6. The maximum Gasteiger partial charge on any atom is 0.0713 e. The van der Waals surface area contributed by atoms with Gasteiger partial charge < -0.3 is 0 Å². The molecule has 0 fully saturated rings. The zero-order valence-corrected chi connectivity index (χ0v) is 27.1. The molecule has 1 aliphatic carbocycles. The van der Waals surface area contributed by atoms with Gasteiger partial charge >= 0.3 is 0 Å². The Balaban J connectivity index is 1.25. The minimum Gasteiger partial charge on any atom is -0.0622 e. The monoisotopic (exact) mass is 622 g/mol. The SMILES string of the molecule is c1ccc(-c2cccc(-c3cccc(C4(c5cccc(-c6cccc(-c7ccccc7)c6)c5)c5ccccc5-c5ccccc54)c3)c2)cc1. The summed E-state index contributed by atoms with van der Waals surface area (Å²) >= 11 is 0. The first-order valence-electron chi connectivity index (χ1n) is 17.0. The standard InChI is InChI=1S/C49H34/c1-3-15-35(16-4-1)37-19-11-21-39(31-37)41-23-13-25-43(33-41)49(47-29-9-7-27-45(47)46-28-8-10-30-48(46)49)44-26-14-24-42(34-44)40-22-12-20-38(32-40)36-17-5-2-6-18-36/h1-34H. The molecule has 0 saturated heterocycles. The van der Waals surface area contributed by atoms with Crippen molar-refractivity contribution in [2.24, 2.45) is 0 Å². The lowest BCUT2D eigenvalue weighted by molar-refractivity contribution is 0.769. The molecule has 0 unspecified atom stereocenters. The van der Waals surface area contributed by atoms with Crippen LogP contribution in [0, 0.1) is 0 Å². The van der Waals surface area contributed by atoms with Crippen molar-refractivity contribution < 1.29 is 0 Å². The Labute approximate surface area is 288 Å². The molecule has 1 aliphatic rings. The van der Waals surface area contributed by atoms with Crippen molar-refractivity contribution in [2.75, 3.05) is 0 Å². The number of hydrogen-bond acceptors (Lipinski definition) is 0. The third-order valence-electron chi connectivity index (χ3n) is 10.1. The van der Waals surface area contributed by atoms with Crippen molar-refractivity contribution in [2.45, 2.75) is 5.41 Å². The van der Waals surface area contributed by atoms with Gasteiger partial charge in [-0.25, -0.2) is 0 Å². The van der Waals surface area contributed by atoms with E-state index in [1.54, 1.807) is 0 Å². The molecule has 9 rings (SSSR count). The van der Waals surface area contributed by atoms with Crippen LogP contribution in [0.3, 0.4) is 0 Å². The molecule has 49 heavy (non-hydrogen) atoms. The molecule has 0 bridgehead atoms. The zero-order valence-electron chi connectivity index (χ0n) is 27.1. The van der Waals surface area contributed by atoms with E-state index in [-0.39, 0.29) is 0 Å². The van der Waals surface area contributed by atoms with Crippen molar-refractivity contribution in [3.8, 4) is 55.6 Å². The summed E-state index contributed by atoms with van der Waals surface area (Å²) in [5.74, 6) is 0. The van der Waals surface area contributed by atoms with E-state index in [4.69, 9.17) is 0 Å². The number of hydrogen-bond donors (Lipinski definition) is 0. The Morgan fingerprint density at radius 1 is 0.224 bits per heavy atom. The Morgan fingerprint density at radius 2 is 0.531 bits per heavy atom. The second-order valence-electron chi connectivity index (χ2n) is 12.9. The minimum atomic E-state index is -0.493. The van der Waals surface area contributed by atoms with Gasteiger partial charge in [-0.05, 0) is 102 Å². The highest BCUT2D eigenvalue weighted by Crippen LogP contribution is 2.56. The normalized spacial score (nSPS) is 12.7. The lowest BCUT2D eigenvalue weighted by Gasteiger charge is -2.34. The van der Waals surface area contributed by atoms with E-state index < -0.39 is 5.41 Å². The summed E-state index contributed by atoms with van der Waals surface area (Å²) in [5.41, 5.74) is 17.0.